The Balaban J connectivity index is 0. The Morgan fingerprint density at radius 3 is 1.46 bits per heavy atom. The molecular weight excluding hydrogens is 172 g/mol. The number of hydrogen-bond donors (Lipinski definition) is 1. The van der Waals surface area contributed by atoms with E-state index in [0.717, 1.165) is 0 Å². The van der Waals surface area contributed by atoms with Crippen molar-refractivity contribution < 1.29 is 8.78 Å². The summed E-state index contributed by atoms with van der Waals surface area (Å²) in [5, 5.41) is 0. The third kappa shape index (κ3) is 6.94. The molecule has 13 heavy (non-hydrogen) atoms. The quantitative estimate of drug-likeness (QED) is 0.629. The first kappa shape index (κ1) is 15.3. The summed E-state index contributed by atoms with van der Waals surface area (Å²) in [7, 11) is 1.50. The molecule has 1 aliphatic carbocycles. The third-order valence-corrected chi connectivity index (χ3v) is 1.90. The van der Waals surface area contributed by atoms with Crippen molar-refractivity contribution >= 4 is 0 Å². The number of alkyl halides is 2. The van der Waals surface area contributed by atoms with Crippen LogP contribution in [-0.4, -0.2) is 13.0 Å². The Labute approximate surface area is 80.7 Å². The monoisotopic (exact) mass is 195 g/mol. The zero-order valence-electron chi connectivity index (χ0n) is 9.45. The van der Waals surface area contributed by atoms with E-state index in [1.54, 1.807) is 0 Å². The van der Waals surface area contributed by atoms with E-state index < -0.39 is 5.92 Å². The lowest BCUT2D eigenvalue weighted by molar-refractivity contribution is -0.000477. The zero-order valence-corrected chi connectivity index (χ0v) is 9.45. The predicted octanol–water partition coefficient (Wildman–Crippen LogP) is 3.43. The maximum atomic E-state index is 12.4. The van der Waals surface area contributed by atoms with Gasteiger partial charge in [-0.1, -0.05) is 27.7 Å². The number of rotatable bonds is 0. The summed E-state index contributed by atoms with van der Waals surface area (Å²) in [6, 6.07) is 0. The highest BCUT2D eigenvalue weighted by molar-refractivity contribution is 4.86. The predicted molar refractivity (Wildman–Crippen MR) is 54.0 cm³/mol. The second-order valence-corrected chi connectivity index (χ2v) is 3.70. The highest BCUT2D eigenvalue weighted by Crippen LogP contribution is 2.46. The van der Waals surface area contributed by atoms with Crippen LogP contribution in [0.3, 0.4) is 0 Å². The Kier molecular flexibility index (Phi) is 7.41. The van der Waals surface area contributed by atoms with Gasteiger partial charge in [0.25, 0.3) is 0 Å². The van der Waals surface area contributed by atoms with Crippen LogP contribution in [-0.2, 0) is 0 Å². The van der Waals surface area contributed by atoms with Gasteiger partial charge in [0, 0.05) is 12.8 Å². The normalized spacial score (nSPS) is 22.2. The molecule has 2 N–H and O–H groups in total. The van der Waals surface area contributed by atoms with Crippen molar-refractivity contribution in [3.63, 3.8) is 0 Å². The minimum absolute atomic E-state index is 0.0694. The molecule has 1 fully saturated rings. The fourth-order valence-electron chi connectivity index (χ4n) is 1.40. The molecule has 0 radical (unpaired) electrons. The van der Waals surface area contributed by atoms with Gasteiger partial charge in [0.05, 0.1) is 0 Å². The lowest BCUT2D eigenvalue weighted by Crippen LogP contribution is -2.13. The minimum atomic E-state index is -2.37. The summed E-state index contributed by atoms with van der Waals surface area (Å²) in [5.41, 5.74) is 4.38. The van der Waals surface area contributed by atoms with Crippen LogP contribution in [0.4, 0.5) is 8.78 Å². The molecule has 0 aromatic heterocycles. The Morgan fingerprint density at radius 1 is 1.00 bits per heavy atom. The Morgan fingerprint density at radius 2 is 1.38 bits per heavy atom. The van der Waals surface area contributed by atoms with E-state index in [4.69, 9.17) is 0 Å². The molecule has 0 amide bonds. The SMILES string of the molecule is CC.CC1(C)CCC(F)(F)C1.CN. The van der Waals surface area contributed by atoms with Crippen LogP contribution in [0.1, 0.15) is 47.0 Å². The van der Waals surface area contributed by atoms with Crippen molar-refractivity contribution in [1.82, 2.24) is 0 Å². The summed E-state index contributed by atoms with van der Waals surface area (Å²) in [4.78, 5) is 0. The highest BCUT2D eigenvalue weighted by atomic mass is 19.3. The van der Waals surface area contributed by atoms with Gasteiger partial charge in [-0.05, 0) is 18.9 Å². The van der Waals surface area contributed by atoms with Gasteiger partial charge in [-0.15, -0.1) is 0 Å². The first-order valence-electron chi connectivity index (χ1n) is 4.87. The third-order valence-electron chi connectivity index (χ3n) is 1.90. The second kappa shape index (κ2) is 6.30. The minimum Gasteiger partial charge on any atom is -0.333 e. The van der Waals surface area contributed by atoms with Gasteiger partial charge in [0.15, 0.2) is 0 Å². The second-order valence-electron chi connectivity index (χ2n) is 3.70. The molecule has 0 spiro atoms. The van der Waals surface area contributed by atoms with E-state index in [2.05, 4.69) is 5.73 Å². The average molecular weight is 195 g/mol. The van der Waals surface area contributed by atoms with Gasteiger partial charge < -0.3 is 5.73 Å². The van der Waals surface area contributed by atoms with Crippen LogP contribution < -0.4 is 5.73 Å². The summed E-state index contributed by atoms with van der Waals surface area (Å²) < 4.78 is 24.9. The fourth-order valence-corrected chi connectivity index (χ4v) is 1.40. The van der Waals surface area contributed by atoms with Crippen molar-refractivity contribution in [3.8, 4) is 0 Å². The molecule has 0 atom stereocenters. The van der Waals surface area contributed by atoms with Crippen molar-refractivity contribution in [2.45, 2.75) is 52.9 Å². The van der Waals surface area contributed by atoms with Gasteiger partial charge in [0.1, 0.15) is 0 Å². The van der Waals surface area contributed by atoms with E-state index in [0.29, 0.717) is 6.42 Å². The van der Waals surface area contributed by atoms with Crippen molar-refractivity contribution in [2.24, 2.45) is 11.1 Å². The molecule has 0 aromatic rings. The fraction of sp³-hybridized carbons (Fsp3) is 1.00. The van der Waals surface area contributed by atoms with E-state index >= 15 is 0 Å². The zero-order chi connectivity index (χ0) is 11.1. The maximum Gasteiger partial charge on any atom is 0.248 e. The van der Waals surface area contributed by atoms with Crippen LogP contribution in [0.2, 0.25) is 0 Å². The molecule has 0 aromatic carbocycles. The molecule has 1 aliphatic rings. The van der Waals surface area contributed by atoms with Crippen molar-refractivity contribution in [3.05, 3.63) is 0 Å². The van der Waals surface area contributed by atoms with E-state index in [1.807, 2.05) is 27.7 Å². The van der Waals surface area contributed by atoms with Gasteiger partial charge in [-0.25, -0.2) is 8.78 Å². The van der Waals surface area contributed by atoms with Crippen molar-refractivity contribution in [1.29, 1.82) is 0 Å². The number of hydrogen-bond acceptors (Lipinski definition) is 1. The number of halogens is 2. The Hall–Kier alpha value is -0.180. The van der Waals surface area contributed by atoms with Gasteiger partial charge in [-0.2, -0.15) is 0 Å². The van der Waals surface area contributed by atoms with Crippen molar-refractivity contribution in [2.75, 3.05) is 7.05 Å². The number of nitrogens with two attached hydrogens (primary N) is 1. The maximum absolute atomic E-state index is 12.4. The van der Waals surface area contributed by atoms with Crippen LogP contribution in [0.15, 0.2) is 0 Å². The van der Waals surface area contributed by atoms with Gasteiger partial charge in [0.2, 0.25) is 5.92 Å². The summed E-state index contributed by atoms with van der Waals surface area (Å²) >= 11 is 0. The van der Waals surface area contributed by atoms with Crippen LogP contribution in [0.5, 0.6) is 0 Å². The molecule has 82 valence electrons. The van der Waals surface area contributed by atoms with Gasteiger partial charge >= 0.3 is 0 Å². The molecular formula is C10H23F2N. The first-order chi connectivity index (χ1) is 5.91. The molecule has 0 bridgehead atoms. The molecule has 0 saturated heterocycles. The molecule has 1 rings (SSSR count). The molecule has 1 saturated carbocycles. The molecule has 0 unspecified atom stereocenters. The topological polar surface area (TPSA) is 26.0 Å². The Bertz CT molecular complexity index is 108. The molecule has 3 heteroatoms. The van der Waals surface area contributed by atoms with Gasteiger partial charge in [-0.3, -0.25) is 0 Å². The highest BCUT2D eigenvalue weighted by Gasteiger charge is 2.43. The van der Waals surface area contributed by atoms with E-state index in [1.165, 1.54) is 7.05 Å². The first-order valence-corrected chi connectivity index (χ1v) is 4.87. The van der Waals surface area contributed by atoms with Crippen LogP contribution in [0.25, 0.3) is 0 Å². The van der Waals surface area contributed by atoms with E-state index in [-0.39, 0.29) is 18.3 Å². The largest absolute Gasteiger partial charge is 0.333 e. The lowest BCUT2D eigenvalue weighted by atomic mass is 9.92. The molecule has 1 nitrogen and oxygen atoms in total. The average Bonchev–Trinajstić information content (AvgIpc) is 2.32. The van der Waals surface area contributed by atoms with Crippen LogP contribution in [0, 0.1) is 5.41 Å². The molecule has 0 heterocycles. The summed E-state index contributed by atoms with van der Waals surface area (Å²) in [6.45, 7) is 7.79. The molecule has 0 aliphatic heterocycles. The smallest absolute Gasteiger partial charge is 0.248 e. The summed E-state index contributed by atoms with van der Waals surface area (Å²) in [6.07, 6.45) is 0.819. The standard InChI is InChI=1S/C7H12F2.C2H6.CH5N/c1-6(2)3-4-7(8,9)5-6;2*1-2/h3-5H2,1-2H3;1-2H3;2H2,1H3. The lowest BCUT2D eigenvalue weighted by Gasteiger charge is -2.15. The van der Waals surface area contributed by atoms with Crippen LogP contribution >= 0.6 is 0 Å². The summed E-state index contributed by atoms with van der Waals surface area (Å²) in [5.74, 6) is -2.37. The van der Waals surface area contributed by atoms with E-state index in [9.17, 15) is 8.78 Å².